The largest absolute Gasteiger partial charge is 0.354 e. The van der Waals surface area contributed by atoms with Crippen molar-refractivity contribution in [1.82, 2.24) is 76.8 Å². The topological polar surface area (TPSA) is 244 Å². The normalized spacial score (nSPS) is 21.8. The number of rotatable bonds is 56. The fraction of sp³-hybridized carbons (Fsp3) is 0.917. The predicted molar refractivity (Wildman–Crippen MR) is 566 cm³/mol. The van der Waals surface area contributed by atoms with Crippen molar-refractivity contribution >= 4 is 53.5 Å². The number of aromatic nitrogens is 9. The van der Waals surface area contributed by atoms with Gasteiger partial charge in [0.05, 0.1) is 0 Å². The van der Waals surface area contributed by atoms with E-state index in [-0.39, 0.29) is 109 Å². The Kier molecular flexibility index (Phi) is 40.8. The molecule has 0 amide bonds. The zero-order valence-electron chi connectivity index (χ0n) is 91.1. The molecular formula is C108H206N24. The number of unbranched alkanes of at least 4 members (excludes halogenated alkanes) is 19. The quantitative estimate of drug-likeness (QED) is 0.0239. The second-order valence-corrected chi connectivity index (χ2v) is 50.8. The molecule has 9 heterocycles. The van der Waals surface area contributed by atoms with Crippen LogP contribution < -0.4 is 77.3 Å². The molecule has 6 aliphatic heterocycles. The SMILES string of the molecule is CCCCCCN(c1nc(NCCCCC(CCCNc2nc(N(CCCCCC)C3CC(C)(C)NC(C)(C)C3)nc(N(CCCCCC)C3CC(C)(C)NC(C)(C)C3)n2)CNc2nc(N(CCCCCC)C3CC(C)(C)NC(C)(C)C3)nc(N(CCCCCC)C3CC(C)(C)NC(C)(C)C3)n2)nc(N(CCCCCC)C2CC(C)(C)NC(C)(C)C2)n1)C1CC(C)(C)NC(C)(C)C1. The van der Waals surface area contributed by atoms with E-state index < -0.39 is 0 Å². The summed E-state index contributed by atoms with van der Waals surface area (Å²) in [5, 5.41) is 36.4. The molecule has 0 aromatic carbocycles. The first-order valence-corrected chi connectivity index (χ1v) is 54.7. The standard InChI is InChI=1S/C108H206N24/c1-31-37-43-51-62-127(82-68-97(7,8)121-98(9,10)69-82)91-112-88(113-92(118-91)128(63-52-44-38-32-2)83-70-99(11,12)122-100(13,14)71-83)109-60-50-49-58-81(80-111-90-116-95(131(66-55-47-41-35-5)86-76-105(23,24)125-106(25,26)77-86)120-96(117-90)132(67-56-48-42-36-6)87-78-107(27,28)126-108(29,30)79-87)59-57-61-110-89-114-93(129(64-53-45-39-33-3)84-72-101(15,16)123-102(17,18)73-84)119-94(115-89)130(65-54-46-40-34-4)85-74-103(19,20)124-104(21,22)75-85/h81-87,121-126H,31-80H2,1-30H3,(H,109,112,113,118)(H,110,114,115,119)(H,111,116,117,120). The molecule has 0 saturated carbocycles. The molecule has 0 spiro atoms. The van der Waals surface area contributed by atoms with Gasteiger partial charge in [0.2, 0.25) is 53.5 Å². The summed E-state index contributed by atoms with van der Waals surface area (Å²) in [6.07, 6.45) is 45.0. The van der Waals surface area contributed by atoms with Gasteiger partial charge in [-0.3, -0.25) is 0 Å². The van der Waals surface area contributed by atoms with Crippen LogP contribution in [0.2, 0.25) is 0 Å². The molecule has 24 nitrogen and oxygen atoms in total. The van der Waals surface area contributed by atoms with E-state index in [2.05, 4.69) is 285 Å². The fourth-order valence-electron chi connectivity index (χ4n) is 25.9. The molecule has 6 saturated heterocycles. The Bertz CT molecular complexity index is 3550. The van der Waals surface area contributed by atoms with Gasteiger partial charge in [-0.25, -0.2) is 0 Å². The molecule has 9 rings (SSSR count). The van der Waals surface area contributed by atoms with Crippen LogP contribution in [0.4, 0.5) is 53.5 Å². The van der Waals surface area contributed by atoms with E-state index in [0.29, 0.717) is 30.9 Å². The molecule has 132 heavy (non-hydrogen) atoms. The van der Waals surface area contributed by atoms with E-state index in [1.807, 2.05) is 0 Å². The summed E-state index contributed by atoms with van der Waals surface area (Å²) in [7, 11) is 0. The number of anilines is 9. The first-order chi connectivity index (χ1) is 61.9. The van der Waals surface area contributed by atoms with Gasteiger partial charge in [0, 0.05) is 162 Å². The Morgan fingerprint density at radius 2 is 0.394 bits per heavy atom. The Hall–Kier alpha value is -5.01. The number of piperidine rings is 6. The monoisotopic (exact) mass is 1840 g/mol. The average Bonchev–Trinajstić information content (AvgIpc) is 0.773. The molecule has 0 radical (unpaired) electrons. The maximum absolute atomic E-state index is 5.86. The molecule has 3 aromatic rings. The number of hydrogen-bond donors (Lipinski definition) is 9. The Morgan fingerprint density at radius 3 is 0.583 bits per heavy atom. The molecule has 9 N–H and O–H groups in total. The van der Waals surface area contributed by atoms with Crippen LogP contribution in [0.5, 0.6) is 0 Å². The summed E-state index contributed by atoms with van der Waals surface area (Å²) in [6, 6.07) is 1.48. The fourth-order valence-corrected chi connectivity index (χ4v) is 25.9. The Labute approximate surface area is 809 Å². The first-order valence-electron chi connectivity index (χ1n) is 54.7. The number of nitrogens with one attached hydrogen (secondary N) is 9. The lowest BCUT2D eigenvalue weighted by Gasteiger charge is -2.50. The molecule has 6 fully saturated rings. The molecule has 1 unspecified atom stereocenters. The molecule has 3 aromatic heterocycles. The number of nitrogens with zero attached hydrogens (tertiary/aromatic N) is 15. The number of hydrogen-bond acceptors (Lipinski definition) is 24. The summed E-state index contributed by atoms with van der Waals surface area (Å²) in [5.41, 5.74) is -0.824. The summed E-state index contributed by atoms with van der Waals surface area (Å²) >= 11 is 0. The van der Waals surface area contributed by atoms with Crippen molar-refractivity contribution in [3.05, 3.63) is 0 Å². The first kappa shape index (κ1) is 111. The molecule has 24 heteroatoms. The van der Waals surface area contributed by atoms with Crippen LogP contribution in [0, 0.1) is 5.92 Å². The van der Waals surface area contributed by atoms with Crippen LogP contribution in [-0.2, 0) is 0 Å². The summed E-state index contributed by atoms with van der Waals surface area (Å²) in [4.78, 5) is 67.5. The zero-order chi connectivity index (χ0) is 96.8. The van der Waals surface area contributed by atoms with Crippen molar-refractivity contribution in [1.29, 1.82) is 0 Å². The van der Waals surface area contributed by atoms with Crippen LogP contribution in [0.3, 0.4) is 0 Å². The molecule has 0 aliphatic carbocycles. The van der Waals surface area contributed by atoms with Gasteiger partial charge in [0.1, 0.15) is 0 Å². The molecular weight excluding hydrogens is 1630 g/mol. The Morgan fingerprint density at radius 1 is 0.220 bits per heavy atom. The molecule has 758 valence electrons. The van der Waals surface area contributed by atoms with E-state index in [0.717, 1.165) is 229 Å². The minimum atomic E-state index is -0.0785. The van der Waals surface area contributed by atoms with Crippen LogP contribution in [0.1, 0.15) is 471 Å². The maximum Gasteiger partial charge on any atom is 0.232 e. The van der Waals surface area contributed by atoms with Crippen LogP contribution in [0.25, 0.3) is 0 Å². The minimum Gasteiger partial charge on any atom is -0.354 e. The van der Waals surface area contributed by atoms with Crippen molar-refractivity contribution in [2.45, 2.75) is 574 Å². The lowest BCUT2D eigenvalue weighted by molar-refractivity contribution is 0.156. The summed E-state index contributed by atoms with van der Waals surface area (Å²) in [6.45, 7) is 79.0. The van der Waals surface area contributed by atoms with Gasteiger partial charge in [-0.1, -0.05) is 164 Å². The van der Waals surface area contributed by atoms with E-state index in [1.54, 1.807) is 0 Å². The predicted octanol–water partition coefficient (Wildman–Crippen LogP) is 23.6. The van der Waals surface area contributed by atoms with Crippen molar-refractivity contribution < 1.29 is 0 Å². The Balaban J connectivity index is 1.14. The van der Waals surface area contributed by atoms with E-state index in [9.17, 15) is 0 Å². The lowest BCUT2D eigenvalue weighted by atomic mass is 9.79. The van der Waals surface area contributed by atoms with Crippen molar-refractivity contribution in [3.8, 4) is 0 Å². The van der Waals surface area contributed by atoms with Gasteiger partial charge < -0.3 is 77.3 Å². The molecule has 0 bridgehead atoms. The van der Waals surface area contributed by atoms with Crippen molar-refractivity contribution in [3.63, 3.8) is 0 Å². The third-order valence-electron chi connectivity index (χ3n) is 29.5. The van der Waals surface area contributed by atoms with Crippen LogP contribution >= 0.6 is 0 Å². The highest BCUT2D eigenvalue weighted by atomic mass is 15.4. The van der Waals surface area contributed by atoms with E-state index >= 15 is 0 Å². The highest BCUT2D eigenvalue weighted by Gasteiger charge is 2.49. The van der Waals surface area contributed by atoms with Gasteiger partial charge in [0.25, 0.3) is 0 Å². The summed E-state index contributed by atoms with van der Waals surface area (Å²) < 4.78 is 0. The second-order valence-electron chi connectivity index (χ2n) is 50.8. The van der Waals surface area contributed by atoms with Gasteiger partial charge >= 0.3 is 0 Å². The minimum absolute atomic E-state index is 0.0606. The van der Waals surface area contributed by atoms with Crippen molar-refractivity contribution in [2.75, 3.05) is 104 Å². The van der Waals surface area contributed by atoms with Crippen LogP contribution in [-0.4, -0.2) is 206 Å². The second kappa shape index (κ2) is 48.7. The van der Waals surface area contributed by atoms with Gasteiger partial charge in [-0.05, 0) is 313 Å². The third kappa shape index (κ3) is 36.0. The lowest BCUT2D eigenvalue weighted by Crippen LogP contribution is -2.63. The molecule has 6 aliphatic rings. The third-order valence-corrected chi connectivity index (χ3v) is 29.5. The van der Waals surface area contributed by atoms with Gasteiger partial charge in [0.15, 0.2) is 0 Å². The van der Waals surface area contributed by atoms with Crippen molar-refractivity contribution in [2.24, 2.45) is 5.92 Å². The smallest absolute Gasteiger partial charge is 0.232 e. The van der Waals surface area contributed by atoms with E-state index in [1.165, 1.54) is 116 Å². The van der Waals surface area contributed by atoms with E-state index in [4.69, 9.17) is 44.9 Å². The average molecular weight is 1840 g/mol. The summed E-state index contributed by atoms with van der Waals surface area (Å²) in [5.74, 6) is 7.27. The molecule has 1 atom stereocenters. The van der Waals surface area contributed by atoms with Gasteiger partial charge in [-0.2, -0.15) is 44.9 Å². The highest BCUT2D eigenvalue weighted by molar-refractivity contribution is 5.51. The highest BCUT2D eigenvalue weighted by Crippen LogP contribution is 2.43. The zero-order valence-corrected chi connectivity index (χ0v) is 91.1. The maximum atomic E-state index is 5.86. The van der Waals surface area contributed by atoms with Crippen LogP contribution in [0.15, 0.2) is 0 Å². The van der Waals surface area contributed by atoms with Gasteiger partial charge in [-0.15, -0.1) is 0 Å².